The minimum absolute atomic E-state index is 0.0332. The number of para-hydroxylation sites is 1. The quantitative estimate of drug-likeness (QED) is 0.648. The lowest BCUT2D eigenvalue weighted by molar-refractivity contribution is 0.311. The van der Waals surface area contributed by atoms with Gasteiger partial charge in [-0.05, 0) is 26.0 Å². The van der Waals surface area contributed by atoms with Gasteiger partial charge in [0.25, 0.3) is 0 Å². The van der Waals surface area contributed by atoms with Crippen LogP contribution >= 0.6 is 0 Å². The van der Waals surface area contributed by atoms with Gasteiger partial charge in [0.2, 0.25) is 5.95 Å². The molecule has 0 bridgehead atoms. The molecule has 0 spiro atoms. The Balaban J connectivity index is 2.07. The molecule has 7 nitrogen and oxygen atoms in total. The lowest BCUT2D eigenvalue weighted by Crippen LogP contribution is -2.08. The number of hydrogen-bond donors (Lipinski definition) is 3. The van der Waals surface area contributed by atoms with Gasteiger partial charge in [0.1, 0.15) is 6.33 Å². The Labute approximate surface area is 134 Å². The molecule has 3 N–H and O–H groups in total. The Kier molecular flexibility index (Phi) is 4.38. The van der Waals surface area contributed by atoms with E-state index in [0.717, 1.165) is 11.3 Å². The largest absolute Gasteiger partial charge is 0.395 e. The smallest absolute Gasteiger partial charge is 0.210 e. The number of aromatic nitrogens is 4. The third-order valence-electron chi connectivity index (χ3n) is 3.43. The van der Waals surface area contributed by atoms with Gasteiger partial charge in [0.05, 0.1) is 6.61 Å². The molecule has 0 aliphatic heterocycles. The molecule has 0 atom stereocenters. The first-order valence-electron chi connectivity index (χ1n) is 7.60. The van der Waals surface area contributed by atoms with E-state index in [1.165, 1.54) is 6.33 Å². The van der Waals surface area contributed by atoms with Gasteiger partial charge in [-0.25, -0.2) is 15.0 Å². The van der Waals surface area contributed by atoms with Crippen LogP contribution < -0.4 is 10.6 Å². The monoisotopic (exact) mass is 312 g/mol. The van der Waals surface area contributed by atoms with Crippen molar-refractivity contribution in [1.29, 1.82) is 0 Å². The van der Waals surface area contributed by atoms with Crippen LogP contribution in [0.25, 0.3) is 11.2 Å². The second-order valence-corrected chi connectivity index (χ2v) is 5.44. The minimum atomic E-state index is 0.0332. The molecule has 1 aromatic carbocycles. The van der Waals surface area contributed by atoms with E-state index in [1.807, 2.05) is 34.9 Å². The molecule has 120 valence electrons. The van der Waals surface area contributed by atoms with E-state index < -0.39 is 0 Å². The van der Waals surface area contributed by atoms with E-state index in [1.54, 1.807) is 0 Å². The average Bonchev–Trinajstić information content (AvgIpc) is 2.92. The van der Waals surface area contributed by atoms with E-state index in [-0.39, 0.29) is 12.6 Å². The lowest BCUT2D eigenvalue weighted by Gasteiger charge is -2.13. The van der Waals surface area contributed by atoms with Crippen molar-refractivity contribution in [2.45, 2.75) is 19.9 Å². The fourth-order valence-corrected chi connectivity index (χ4v) is 2.44. The molecule has 0 aliphatic rings. The number of aliphatic hydroxyl groups is 1. The van der Waals surface area contributed by atoms with Crippen molar-refractivity contribution in [3.63, 3.8) is 0 Å². The molecule has 0 unspecified atom stereocenters. The molecule has 0 radical (unpaired) electrons. The van der Waals surface area contributed by atoms with Gasteiger partial charge in [0.15, 0.2) is 17.0 Å². The highest BCUT2D eigenvalue weighted by molar-refractivity contribution is 5.86. The van der Waals surface area contributed by atoms with Gasteiger partial charge >= 0.3 is 0 Å². The van der Waals surface area contributed by atoms with Crippen LogP contribution in [0.15, 0.2) is 36.7 Å². The summed E-state index contributed by atoms with van der Waals surface area (Å²) >= 11 is 0. The van der Waals surface area contributed by atoms with Crippen LogP contribution in [0.2, 0.25) is 0 Å². The van der Waals surface area contributed by atoms with Gasteiger partial charge < -0.3 is 15.7 Å². The predicted octanol–water partition coefficient (Wildman–Crippen LogP) is 2.55. The number of aliphatic hydroxyl groups excluding tert-OH is 1. The second-order valence-electron chi connectivity index (χ2n) is 5.44. The normalized spacial score (nSPS) is 11.1. The van der Waals surface area contributed by atoms with Crippen LogP contribution in [0.3, 0.4) is 0 Å². The Hall–Kier alpha value is -2.67. The standard InChI is InChI=1S/C16H20N6O/c1-11(2)22-15-13(14(17-8-9-23)18-10-19-15)21-16(22)20-12-6-4-3-5-7-12/h3-7,10-11,23H,8-9H2,1-2H3,(H,20,21)(H,17,18,19). The van der Waals surface area contributed by atoms with E-state index in [2.05, 4.69) is 39.4 Å². The number of nitrogens with one attached hydrogen (secondary N) is 2. The zero-order chi connectivity index (χ0) is 16.2. The number of hydrogen-bond acceptors (Lipinski definition) is 6. The molecule has 0 amide bonds. The van der Waals surface area contributed by atoms with Crippen molar-refractivity contribution in [3.05, 3.63) is 36.7 Å². The number of nitrogens with zero attached hydrogens (tertiary/aromatic N) is 4. The van der Waals surface area contributed by atoms with Crippen molar-refractivity contribution in [2.24, 2.45) is 0 Å². The van der Waals surface area contributed by atoms with Crippen LogP contribution in [0, 0.1) is 0 Å². The van der Waals surface area contributed by atoms with E-state index in [0.29, 0.717) is 23.8 Å². The topological polar surface area (TPSA) is 87.9 Å². The SMILES string of the molecule is CC(C)n1c(Nc2ccccc2)nc2c(NCCO)ncnc21. The number of rotatable bonds is 6. The van der Waals surface area contributed by atoms with E-state index in [4.69, 9.17) is 5.11 Å². The third-order valence-corrected chi connectivity index (χ3v) is 3.43. The van der Waals surface area contributed by atoms with Crippen molar-refractivity contribution < 1.29 is 5.11 Å². The summed E-state index contributed by atoms with van der Waals surface area (Å²) in [5.41, 5.74) is 2.41. The first-order chi connectivity index (χ1) is 11.2. The van der Waals surface area contributed by atoms with Crippen LogP contribution in [0.5, 0.6) is 0 Å². The van der Waals surface area contributed by atoms with Crippen LogP contribution in [0.4, 0.5) is 17.5 Å². The summed E-state index contributed by atoms with van der Waals surface area (Å²) in [6, 6.07) is 10.1. The van der Waals surface area contributed by atoms with E-state index >= 15 is 0 Å². The van der Waals surface area contributed by atoms with Crippen molar-refractivity contribution in [2.75, 3.05) is 23.8 Å². The fourth-order valence-electron chi connectivity index (χ4n) is 2.44. The molecule has 2 aromatic heterocycles. The van der Waals surface area contributed by atoms with Crippen molar-refractivity contribution in [3.8, 4) is 0 Å². The minimum Gasteiger partial charge on any atom is -0.395 e. The molecule has 3 rings (SSSR count). The number of anilines is 3. The Morgan fingerprint density at radius 3 is 2.65 bits per heavy atom. The van der Waals surface area contributed by atoms with Gasteiger partial charge in [0, 0.05) is 18.3 Å². The summed E-state index contributed by atoms with van der Waals surface area (Å²) < 4.78 is 2.04. The predicted molar refractivity (Wildman–Crippen MR) is 91.0 cm³/mol. The van der Waals surface area contributed by atoms with Crippen molar-refractivity contribution >= 4 is 28.6 Å². The molecular weight excluding hydrogens is 292 g/mol. The Morgan fingerprint density at radius 1 is 1.17 bits per heavy atom. The van der Waals surface area contributed by atoms with Gasteiger partial charge in [-0.15, -0.1) is 0 Å². The van der Waals surface area contributed by atoms with Crippen LogP contribution in [0.1, 0.15) is 19.9 Å². The number of benzene rings is 1. The highest BCUT2D eigenvalue weighted by Crippen LogP contribution is 2.28. The molecule has 0 fully saturated rings. The summed E-state index contributed by atoms with van der Waals surface area (Å²) in [6.07, 6.45) is 1.51. The van der Waals surface area contributed by atoms with Gasteiger partial charge in [-0.3, -0.25) is 4.57 Å². The fraction of sp³-hybridized carbons (Fsp3) is 0.312. The summed E-state index contributed by atoms with van der Waals surface area (Å²) in [7, 11) is 0. The van der Waals surface area contributed by atoms with Crippen LogP contribution in [-0.2, 0) is 0 Å². The molecule has 7 heteroatoms. The molecule has 2 heterocycles. The number of imidazole rings is 1. The molecule has 0 saturated carbocycles. The summed E-state index contributed by atoms with van der Waals surface area (Å²) in [6.45, 7) is 4.62. The Morgan fingerprint density at radius 2 is 1.96 bits per heavy atom. The summed E-state index contributed by atoms with van der Waals surface area (Å²) in [5.74, 6) is 1.34. The first kappa shape index (κ1) is 15.2. The molecule has 0 aliphatic carbocycles. The highest BCUT2D eigenvalue weighted by atomic mass is 16.3. The zero-order valence-electron chi connectivity index (χ0n) is 13.2. The third kappa shape index (κ3) is 3.09. The second kappa shape index (κ2) is 6.62. The van der Waals surface area contributed by atoms with Crippen molar-refractivity contribution in [1.82, 2.24) is 19.5 Å². The molecule has 23 heavy (non-hydrogen) atoms. The van der Waals surface area contributed by atoms with Gasteiger partial charge in [-0.1, -0.05) is 18.2 Å². The Bertz CT molecular complexity index is 784. The maximum absolute atomic E-state index is 9.00. The van der Waals surface area contributed by atoms with E-state index in [9.17, 15) is 0 Å². The molecular formula is C16H20N6O. The molecule has 3 aromatic rings. The molecule has 0 saturated heterocycles. The summed E-state index contributed by atoms with van der Waals surface area (Å²) in [5, 5.41) is 15.4. The average molecular weight is 312 g/mol. The summed E-state index contributed by atoms with van der Waals surface area (Å²) in [4.78, 5) is 13.3. The maximum atomic E-state index is 9.00. The number of fused-ring (bicyclic) bond motifs is 1. The highest BCUT2D eigenvalue weighted by Gasteiger charge is 2.17. The zero-order valence-corrected chi connectivity index (χ0v) is 13.2. The first-order valence-corrected chi connectivity index (χ1v) is 7.60. The maximum Gasteiger partial charge on any atom is 0.210 e. The van der Waals surface area contributed by atoms with Gasteiger partial charge in [-0.2, -0.15) is 0 Å². The van der Waals surface area contributed by atoms with Crippen LogP contribution in [-0.4, -0.2) is 37.8 Å². The lowest BCUT2D eigenvalue weighted by atomic mass is 10.3.